The lowest BCUT2D eigenvalue weighted by molar-refractivity contribution is 0.101. The molecule has 1 N–H and O–H groups in total. The smallest absolute Gasteiger partial charge is 0.295 e. The minimum Gasteiger partial charge on any atom is -0.319 e. The molecule has 0 aliphatic carbocycles. The molecule has 0 spiro atoms. The van der Waals surface area contributed by atoms with Crippen LogP contribution in [0.5, 0.6) is 0 Å². The summed E-state index contributed by atoms with van der Waals surface area (Å²) in [5, 5.41) is 7.97. The third kappa shape index (κ3) is 4.45. The first-order chi connectivity index (χ1) is 14.5. The molecule has 0 radical (unpaired) electrons. The molecule has 0 saturated carbocycles. The van der Waals surface area contributed by atoms with E-state index in [1.165, 1.54) is 5.56 Å². The van der Waals surface area contributed by atoms with Crippen LogP contribution in [0.1, 0.15) is 23.1 Å². The van der Waals surface area contributed by atoms with Crippen LogP contribution in [0.3, 0.4) is 0 Å². The first kappa shape index (κ1) is 20.3. The number of rotatable bonds is 5. The largest absolute Gasteiger partial charge is 0.319 e. The Morgan fingerprint density at radius 2 is 1.67 bits per heavy atom. The van der Waals surface area contributed by atoms with E-state index in [9.17, 15) is 4.79 Å². The fraction of sp³-hybridized carbons (Fsp3) is 0.0870. The minimum atomic E-state index is -0.370. The minimum absolute atomic E-state index is 0.0856. The summed E-state index contributed by atoms with van der Waals surface area (Å²) in [5.74, 6) is 0.282. The topological polar surface area (TPSA) is 59.8 Å². The second kappa shape index (κ2) is 8.81. The second-order valence-electron chi connectivity index (χ2n) is 6.66. The highest BCUT2D eigenvalue weighted by Gasteiger charge is 2.19. The van der Waals surface area contributed by atoms with Gasteiger partial charge in [0.25, 0.3) is 5.91 Å². The second-order valence-corrected chi connectivity index (χ2v) is 8.01. The standard InChI is InChI=1S/C23H18BrClN4O/c1-2-15-3-11-19(12-4-15)26-23(30)21-27-22(16-5-7-17(24)8-6-16)29(28-21)20-13-9-18(25)10-14-20/h3-14H,2H2,1H3,(H,26,30). The Labute approximate surface area is 187 Å². The number of benzene rings is 3. The average Bonchev–Trinajstić information content (AvgIpc) is 3.21. The molecule has 0 aliphatic heterocycles. The number of aromatic nitrogens is 3. The van der Waals surface area contributed by atoms with Gasteiger partial charge in [0.2, 0.25) is 5.82 Å². The Morgan fingerprint density at radius 3 is 2.30 bits per heavy atom. The third-order valence-corrected chi connectivity index (χ3v) is 5.38. The Bertz CT molecular complexity index is 1110. The monoisotopic (exact) mass is 480 g/mol. The maximum absolute atomic E-state index is 12.8. The SMILES string of the molecule is CCc1ccc(NC(=O)c2nc(-c3ccc(Br)cc3)n(-c3ccc(Cl)cc3)n2)cc1. The van der Waals surface area contributed by atoms with Crippen molar-refractivity contribution in [2.45, 2.75) is 13.3 Å². The van der Waals surface area contributed by atoms with Gasteiger partial charge in [-0.3, -0.25) is 4.79 Å². The number of carbonyl (C=O) groups excluding carboxylic acids is 1. The van der Waals surface area contributed by atoms with Gasteiger partial charge in [0.05, 0.1) is 5.69 Å². The molecule has 0 fully saturated rings. The number of amides is 1. The van der Waals surface area contributed by atoms with Crippen molar-refractivity contribution in [3.05, 3.63) is 93.7 Å². The molecule has 0 saturated heterocycles. The number of nitrogens with one attached hydrogen (secondary N) is 1. The van der Waals surface area contributed by atoms with Gasteiger partial charge in [0, 0.05) is 20.7 Å². The van der Waals surface area contributed by atoms with Crippen LogP contribution >= 0.6 is 27.5 Å². The number of halogens is 2. The molecule has 1 aromatic heterocycles. The molecule has 5 nitrogen and oxygen atoms in total. The van der Waals surface area contributed by atoms with Gasteiger partial charge in [-0.1, -0.05) is 58.7 Å². The molecule has 4 rings (SSSR count). The lowest BCUT2D eigenvalue weighted by Gasteiger charge is -2.06. The van der Waals surface area contributed by atoms with Gasteiger partial charge in [-0.2, -0.15) is 0 Å². The molecule has 7 heteroatoms. The van der Waals surface area contributed by atoms with E-state index in [2.05, 4.69) is 38.3 Å². The van der Waals surface area contributed by atoms with E-state index in [0.717, 1.165) is 22.1 Å². The van der Waals surface area contributed by atoms with Gasteiger partial charge in [-0.25, -0.2) is 9.67 Å². The van der Waals surface area contributed by atoms with Gasteiger partial charge in [-0.15, -0.1) is 5.10 Å². The number of nitrogens with zero attached hydrogens (tertiary/aromatic N) is 3. The lowest BCUT2D eigenvalue weighted by atomic mass is 10.1. The van der Waals surface area contributed by atoms with Crippen LogP contribution in [0, 0.1) is 0 Å². The van der Waals surface area contributed by atoms with Crippen molar-refractivity contribution in [2.75, 3.05) is 5.32 Å². The van der Waals surface area contributed by atoms with Crippen molar-refractivity contribution in [1.29, 1.82) is 0 Å². The number of anilines is 1. The molecule has 30 heavy (non-hydrogen) atoms. The number of hydrogen-bond acceptors (Lipinski definition) is 3. The van der Waals surface area contributed by atoms with Crippen LogP contribution in [-0.4, -0.2) is 20.7 Å². The Balaban J connectivity index is 1.71. The molecule has 4 aromatic rings. The van der Waals surface area contributed by atoms with Crippen molar-refractivity contribution in [1.82, 2.24) is 14.8 Å². The van der Waals surface area contributed by atoms with E-state index in [1.807, 2.05) is 60.7 Å². The molecule has 150 valence electrons. The van der Waals surface area contributed by atoms with E-state index in [1.54, 1.807) is 16.8 Å². The predicted molar refractivity (Wildman–Crippen MR) is 123 cm³/mol. The van der Waals surface area contributed by atoms with Gasteiger partial charge < -0.3 is 5.32 Å². The molecular formula is C23H18BrClN4O. The van der Waals surface area contributed by atoms with E-state index < -0.39 is 0 Å². The summed E-state index contributed by atoms with van der Waals surface area (Å²) in [7, 11) is 0. The summed E-state index contributed by atoms with van der Waals surface area (Å²) in [4.78, 5) is 17.4. The number of carbonyl (C=O) groups is 1. The predicted octanol–water partition coefficient (Wildman–Crippen LogP) is 6.16. The molecule has 0 aliphatic rings. The van der Waals surface area contributed by atoms with E-state index in [-0.39, 0.29) is 11.7 Å². The van der Waals surface area contributed by atoms with Crippen molar-refractivity contribution in [3.8, 4) is 17.1 Å². The first-order valence-corrected chi connectivity index (χ1v) is 10.6. The first-order valence-electron chi connectivity index (χ1n) is 9.42. The van der Waals surface area contributed by atoms with E-state index in [0.29, 0.717) is 16.5 Å². The van der Waals surface area contributed by atoms with Crippen molar-refractivity contribution < 1.29 is 4.79 Å². The van der Waals surface area contributed by atoms with Crippen LogP contribution in [0.25, 0.3) is 17.1 Å². The summed E-state index contributed by atoms with van der Waals surface area (Å²) in [5.41, 5.74) is 3.50. The Kier molecular flexibility index (Phi) is 5.97. The maximum atomic E-state index is 12.8. The molecular weight excluding hydrogens is 464 g/mol. The Hall–Kier alpha value is -2.96. The molecule has 0 unspecified atom stereocenters. The summed E-state index contributed by atoms with van der Waals surface area (Å²) in [6, 6.07) is 22.6. The highest BCUT2D eigenvalue weighted by atomic mass is 79.9. The van der Waals surface area contributed by atoms with Crippen molar-refractivity contribution in [2.24, 2.45) is 0 Å². The van der Waals surface area contributed by atoms with E-state index >= 15 is 0 Å². The van der Waals surface area contributed by atoms with Crippen molar-refractivity contribution >= 4 is 39.1 Å². The molecule has 0 atom stereocenters. The van der Waals surface area contributed by atoms with Crippen LogP contribution < -0.4 is 5.32 Å². The maximum Gasteiger partial charge on any atom is 0.295 e. The van der Waals surface area contributed by atoms with Gasteiger partial charge >= 0.3 is 0 Å². The summed E-state index contributed by atoms with van der Waals surface area (Å²) in [6.45, 7) is 2.09. The zero-order valence-corrected chi connectivity index (χ0v) is 18.5. The van der Waals surface area contributed by atoms with Crippen LogP contribution in [0.15, 0.2) is 77.3 Å². The van der Waals surface area contributed by atoms with E-state index in [4.69, 9.17) is 11.6 Å². The fourth-order valence-electron chi connectivity index (χ4n) is 2.97. The summed E-state index contributed by atoms with van der Waals surface area (Å²) < 4.78 is 2.60. The molecule has 1 heterocycles. The summed E-state index contributed by atoms with van der Waals surface area (Å²) in [6.07, 6.45) is 0.942. The van der Waals surface area contributed by atoms with Crippen LogP contribution in [0.4, 0.5) is 5.69 Å². The lowest BCUT2D eigenvalue weighted by Crippen LogP contribution is -2.14. The summed E-state index contributed by atoms with van der Waals surface area (Å²) >= 11 is 9.47. The zero-order valence-electron chi connectivity index (χ0n) is 16.1. The van der Waals surface area contributed by atoms with Gasteiger partial charge in [0.1, 0.15) is 0 Å². The molecule has 3 aromatic carbocycles. The normalized spacial score (nSPS) is 10.8. The highest BCUT2D eigenvalue weighted by molar-refractivity contribution is 9.10. The van der Waals surface area contributed by atoms with Crippen LogP contribution in [0.2, 0.25) is 5.02 Å². The van der Waals surface area contributed by atoms with Crippen LogP contribution in [-0.2, 0) is 6.42 Å². The average molecular weight is 482 g/mol. The number of hydrogen-bond donors (Lipinski definition) is 1. The highest BCUT2D eigenvalue weighted by Crippen LogP contribution is 2.24. The third-order valence-electron chi connectivity index (χ3n) is 4.60. The number of aryl methyl sites for hydroxylation is 1. The van der Waals surface area contributed by atoms with Gasteiger partial charge in [-0.05, 0) is 60.5 Å². The zero-order chi connectivity index (χ0) is 21.1. The van der Waals surface area contributed by atoms with Crippen molar-refractivity contribution in [3.63, 3.8) is 0 Å². The fourth-order valence-corrected chi connectivity index (χ4v) is 3.36. The van der Waals surface area contributed by atoms with Gasteiger partial charge in [0.15, 0.2) is 5.82 Å². The molecule has 1 amide bonds. The Morgan fingerprint density at radius 1 is 1.00 bits per heavy atom. The molecule has 0 bridgehead atoms. The quantitative estimate of drug-likeness (QED) is 0.371.